The summed E-state index contributed by atoms with van der Waals surface area (Å²) in [6, 6.07) is 6.75. The van der Waals surface area contributed by atoms with Crippen molar-refractivity contribution >= 4 is 23.2 Å². The van der Waals surface area contributed by atoms with Crippen molar-refractivity contribution in [1.82, 2.24) is 15.4 Å². The lowest BCUT2D eigenvalue weighted by molar-refractivity contribution is -0.115. The summed E-state index contributed by atoms with van der Waals surface area (Å²) >= 11 is 0. The van der Waals surface area contributed by atoms with Crippen LogP contribution in [-0.2, 0) is 4.79 Å². The second-order valence-corrected chi connectivity index (χ2v) is 4.50. The van der Waals surface area contributed by atoms with Gasteiger partial charge in [0.05, 0.1) is 23.9 Å². The number of carbonyl (C=O) groups excluding carboxylic acids is 2. The van der Waals surface area contributed by atoms with E-state index in [1.165, 1.54) is 6.20 Å². The van der Waals surface area contributed by atoms with Gasteiger partial charge in [-0.05, 0) is 31.2 Å². The summed E-state index contributed by atoms with van der Waals surface area (Å²) in [6.07, 6.45) is 6.26. The molecule has 0 radical (unpaired) electrons. The monoisotopic (exact) mass is 297 g/mol. The molecule has 0 spiro atoms. The zero-order valence-corrected chi connectivity index (χ0v) is 12.0. The molecular weight excluding hydrogens is 282 g/mol. The smallest absolute Gasteiger partial charge is 0.272 e. The molecule has 2 heterocycles. The third kappa shape index (κ3) is 4.78. The van der Waals surface area contributed by atoms with E-state index in [9.17, 15) is 9.59 Å². The van der Waals surface area contributed by atoms with Gasteiger partial charge < -0.3 is 5.32 Å². The molecule has 22 heavy (non-hydrogen) atoms. The quantitative estimate of drug-likeness (QED) is 0.647. The van der Waals surface area contributed by atoms with E-state index in [1.54, 1.807) is 49.8 Å². The van der Waals surface area contributed by atoms with Gasteiger partial charge in [-0.1, -0.05) is 0 Å². The van der Waals surface area contributed by atoms with Crippen LogP contribution in [0.25, 0.3) is 0 Å². The standard InChI is InChI=1S/C15H15N5O2/c1-11(8-14(21)18-13-5-3-7-17-10-13)19-20-15(22)12-4-2-6-16-9-12/h2-7,9-10H,8H2,1H3,(H,18,21)(H,20,22)/b19-11-. The number of hydrazone groups is 1. The highest BCUT2D eigenvalue weighted by Crippen LogP contribution is 2.03. The van der Waals surface area contributed by atoms with Crippen molar-refractivity contribution in [3.05, 3.63) is 54.6 Å². The summed E-state index contributed by atoms with van der Waals surface area (Å²) in [6.45, 7) is 1.66. The van der Waals surface area contributed by atoms with Gasteiger partial charge in [0.15, 0.2) is 0 Å². The first-order valence-electron chi connectivity index (χ1n) is 6.58. The molecule has 0 saturated heterocycles. The first-order chi connectivity index (χ1) is 10.6. The Morgan fingerprint density at radius 1 is 1.14 bits per heavy atom. The van der Waals surface area contributed by atoms with E-state index >= 15 is 0 Å². The SMILES string of the molecule is C/C(CC(=O)Nc1cccnc1)=N/NC(=O)c1cccnc1. The molecule has 2 aromatic rings. The van der Waals surface area contributed by atoms with Crippen LogP contribution in [-0.4, -0.2) is 27.5 Å². The van der Waals surface area contributed by atoms with Crippen LogP contribution in [0.3, 0.4) is 0 Å². The third-order valence-electron chi connectivity index (χ3n) is 2.63. The molecule has 0 bridgehead atoms. The first-order valence-corrected chi connectivity index (χ1v) is 6.58. The number of aromatic nitrogens is 2. The van der Waals surface area contributed by atoms with Crippen LogP contribution in [0.15, 0.2) is 54.2 Å². The molecule has 0 aromatic carbocycles. The molecule has 0 aliphatic heterocycles. The minimum atomic E-state index is -0.375. The molecule has 0 unspecified atom stereocenters. The van der Waals surface area contributed by atoms with Gasteiger partial charge in [0.2, 0.25) is 5.91 Å². The Hall–Kier alpha value is -3.09. The van der Waals surface area contributed by atoms with Crippen molar-refractivity contribution in [1.29, 1.82) is 0 Å². The Morgan fingerprint density at radius 3 is 2.50 bits per heavy atom. The van der Waals surface area contributed by atoms with Crippen molar-refractivity contribution < 1.29 is 9.59 Å². The Balaban J connectivity index is 1.85. The molecule has 7 nitrogen and oxygen atoms in total. The van der Waals surface area contributed by atoms with Gasteiger partial charge in [0.25, 0.3) is 5.91 Å². The lowest BCUT2D eigenvalue weighted by atomic mass is 10.2. The minimum Gasteiger partial charge on any atom is -0.324 e. The number of hydrogen-bond acceptors (Lipinski definition) is 5. The highest BCUT2D eigenvalue weighted by Gasteiger charge is 2.07. The van der Waals surface area contributed by atoms with Gasteiger partial charge in [0, 0.05) is 24.3 Å². The second-order valence-electron chi connectivity index (χ2n) is 4.50. The molecule has 0 aliphatic rings. The van der Waals surface area contributed by atoms with Gasteiger partial charge >= 0.3 is 0 Å². The zero-order chi connectivity index (χ0) is 15.8. The van der Waals surface area contributed by atoms with Crippen molar-refractivity contribution in [2.24, 2.45) is 5.10 Å². The van der Waals surface area contributed by atoms with E-state index < -0.39 is 0 Å². The summed E-state index contributed by atoms with van der Waals surface area (Å²) in [5.74, 6) is -0.606. The number of nitrogens with one attached hydrogen (secondary N) is 2. The maximum absolute atomic E-state index is 11.8. The maximum atomic E-state index is 11.8. The van der Waals surface area contributed by atoms with Crippen molar-refractivity contribution in [3.63, 3.8) is 0 Å². The Bertz CT molecular complexity index is 671. The molecule has 2 aromatic heterocycles. The fraction of sp³-hybridized carbons (Fsp3) is 0.133. The summed E-state index contributed by atoms with van der Waals surface area (Å²) in [4.78, 5) is 31.3. The van der Waals surface area contributed by atoms with Crippen LogP contribution in [0.1, 0.15) is 23.7 Å². The second kappa shape index (κ2) is 7.63. The lowest BCUT2D eigenvalue weighted by Crippen LogP contribution is -2.21. The van der Waals surface area contributed by atoms with Crippen molar-refractivity contribution in [3.8, 4) is 0 Å². The van der Waals surface area contributed by atoms with E-state index in [2.05, 4.69) is 25.8 Å². The Kier molecular flexibility index (Phi) is 5.31. The molecule has 112 valence electrons. The average Bonchev–Trinajstić information content (AvgIpc) is 2.54. The number of pyridine rings is 2. The third-order valence-corrected chi connectivity index (χ3v) is 2.63. The topological polar surface area (TPSA) is 96.3 Å². The number of hydrogen-bond donors (Lipinski definition) is 2. The molecule has 2 N–H and O–H groups in total. The lowest BCUT2D eigenvalue weighted by Gasteiger charge is -2.05. The van der Waals surface area contributed by atoms with Crippen molar-refractivity contribution in [2.75, 3.05) is 5.32 Å². The minimum absolute atomic E-state index is 0.0716. The number of nitrogens with zero attached hydrogens (tertiary/aromatic N) is 3. The summed E-state index contributed by atoms with van der Waals surface area (Å²) in [5, 5.41) is 6.58. The van der Waals surface area contributed by atoms with E-state index in [0.29, 0.717) is 17.0 Å². The largest absolute Gasteiger partial charge is 0.324 e. The fourth-order valence-corrected chi connectivity index (χ4v) is 1.62. The number of amides is 2. The van der Waals surface area contributed by atoms with Crippen LogP contribution in [0.2, 0.25) is 0 Å². The molecule has 0 atom stereocenters. The van der Waals surface area contributed by atoms with Crippen LogP contribution < -0.4 is 10.7 Å². The van der Waals surface area contributed by atoms with E-state index in [-0.39, 0.29) is 18.2 Å². The van der Waals surface area contributed by atoms with Crippen molar-refractivity contribution in [2.45, 2.75) is 13.3 Å². The van der Waals surface area contributed by atoms with E-state index in [0.717, 1.165) is 0 Å². The molecule has 0 fully saturated rings. The van der Waals surface area contributed by atoms with Crippen LogP contribution in [0, 0.1) is 0 Å². The first kappa shape index (κ1) is 15.3. The van der Waals surface area contributed by atoms with Crippen LogP contribution in [0.5, 0.6) is 0 Å². The maximum Gasteiger partial charge on any atom is 0.272 e. The van der Waals surface area contributed by atoms with Gasteiger partial charge in [0.1, 0.15) is 0 Å². The molecule has 2 amide bonds. The Morgan fingerprint density at radius 2 is 1.86 bits per heavy atom. The highest BCUT2D eigenvalue weighted by molar-refractivity contribution is 6.06. The summed E-state index contributed by atoms with van der Waals surface area (Å²) in [7, 11) is 0. The molecular formula is C15H15N5O2. The van der Waals surface area contributed by atoms with Gasteiger partial charge in [-0.3, -0.25) is 19.6 Å². The summed E-state index contributed by atoms with van der Waals surface area (Å²) in [5.41, 5.74) is 3.88. The van der Waals surface area contributed by atoms with Crippen LogP contribution in [0.4, 0.5) is 5.69 Å². The number of rotatable bonds is 5. The molecule has 2 rings (SSSR count). The highest BCUT2D eigenvalue weighted by atomic mass is 16.2. The molecule has 0 aliphatic carbocycles. The normalized spacial score (nSPS) is 10.9. The van der Waals surface area contributed by atoms with Gasteiger partial charge in [-0.15, -0.1) is 0 Å². The Labute approximate surface area is 127 Å². The fourth-order valence-electron chi connectivity index (χ4n) is 1.62. The zero-order valence-electron chi connectivity index (χ0n) is 12.0. The molecule has 0 saturated carbocycles. The number of anilines is 1. The van der Waals surface area contributed by atoms with E-state index in [1.807, 2.05) is 0 Å². The van der Waals surface area contributed by atoms with Gasteiger partial charge in [-0.2, -0.15) is 5.10 Å². The number of carbonyl (C=O) groups is 2. The predicted molar refractivity (Wildman–Crippen MR) is 82.3 cm³/mol. The predicted octanol–water partition coefficient (Wildman–Crippen LogP) is 1.61. The van der Waals surface area contributed by atoms with E-state index in [4.69, 9.17) is 0 Å². The molecule has 7 heteroatoms. The average molecular weight is 297 g/mol. The van der Waals surface area contributed by atoms with Gasteiger partial charge in [-0.25, -0.2) is 5.43 Å². The summed E-state index contributed by atoms with van der Waals surface area (Å²) < 4.78 is 0. The van der Waals surface area contributed by atoms with Crippen LogP contribution >= 0.6 is 0 Å².